The van der Waals surface area contributed by atoms with Crippen molar-refractivity contribution in [2.45, 2.75) is 6.92 Å². The van der Waals surface area contributed by atoms with E-state index in [2.05, 4.69) is 10.3 Å². The third-order valence-corrected chi connectivity index (χ3v) is 3.37. The number of pyridine rings is 1. The molecular formula is C15H12BClN2O4. The van der Waals surface area contributed by atoms with Crippen LogP contribution in [0.15, 0.2) is 24.3 Å². The Morgan fingerprint density at radius 2 is 2.00 bits per heavy atom. The molecule has 8 heteroatoms. The van der Waals surface area contributed by atoms with Gasteiger partial charge in [-0.3, -0.25) is 14.6 Å². The highest BCUT2D eigenvalue weighted by atomic mass is 35.5. The molecule has 1 aromatic heterocycles. The largest absolute Gasteiger partial charge is 0.505 e. The van der Waals surface area contributed by atoms with E-state index in [0.29, 0.717) is 16.1 Å². The molecule has 0 atom stereocenters. The van der Waals surface area contributed by atoms with Crippen molar-refractivity contribution in [2.75, 3.05) is 6.54 Å². The van der Waals surface area contributed by atoms with Crippen molar-refractivity contribution in [1.29, 1.82) is 0 Å². The van der Waals surface area contributed by atoms with Crippen molar-refractivity contribution in [3.05, 3.63) is 40.5 Å². The fourth-order valence-corrected chi connectivity index (χ4v) is 2.20. The van der Waals surface area contributed by atoms with Crippen LogP contribution in [-0.2, 0) is 4.79 Å². The minimum atomic E-state index is -1.21. The van der Waals surface area contributed by atoms with Crippen LogP contribution in [0.1, 0.15) is 16.1 Å². The highest BCUT2D eigenvalue weighted by Crippen LogP contribution is 2.28. The summed E-state index contributed by atoms with van der Waals surface area (Å²) in [5.41, 5.74) is 1.65. The number of hydrogen-bond acceptors (Lipinski definition) is 4. The first kappa shape index (κ1) is 16.8. The Kier molecular flexibility index (Phi) is 4.90. The van der Waals surface area contributed by atoms with Crippen molar-refractivity contribution in [3.63, 3.8) is 0 Å². The summed E-state index contributed by atoms with van der Waals surface area (Å²) in [4.78, 5) is 26.2. The molecule has 6 nitrogen and oxygen atoms in total. The van der Waals surface area contributed by atoms with E-state index in [0.717, 1.165) is 5.56 Å². The molecule has 0 saturated heterocycles. The standard InChI is InChI=1S/C15H12BClN2O4/c1-7-2-3-8(17)4-9(7)10-5-11(20)13(19-14(10)16)15(23)18-6-12(21)22/h2-5,20H,6H2,1H3,(H,18,23)(H,21,22). The summed E-state index contributed by atoms with van der Waals surface area (Å²) in [6.07, 6.45) is 0. The summed E-state index contributed by atoms with van der Waals surface area (Å²) in [6, 6.07) is 6.49. The van der Waals surface area contributed by atoms with Crippen molar-refractivity contribution in [3.8, 4) is 16.9 Å². The van der Waals surface area contributed by atoms with Crippen LogP contribution in [0.3, 0.4) is 0 Å². The van der Waals surface area contributed by atoms with Gasteiger partial charge in [-0.15, -0.1) is 0 Å². The van der Waals surface area contributed by atoms with Gasteiger partial charge in [0.25, 0.3) is 5.91 Å². The second kappa shape index (κ2) is 6.70. The van der Waals surface area contributed by atoms with Gasteiger partial charge in [-0.25, -0.2) is 0 Å². The van der Waals surface area contributed by atoms with Gasteiger partial charge in [-0.2, -0.15) is 0 Å². The van der Waals surface area contributed by atoms with Gasteiger partial charge >= 0.3 is 5.97 Å². The molecule has 0 spiro atoms. The summed E-state index contributed by atoms with van der Waals surface area (Å²) < 4.78 is 0. The quantitative estimate of drug-likeness (QED) is 0.727. The topological polar surface area (TPSA) is 99.5 Å². The summed E-state index contributed by atoms with van der Waals surface area (Å²) >= 11 is 5.97. The number of nitrogens with zero attached hydrogens (tertiary/aromatic N) is 1. The normalized spacial score (nSPS) is 10.3. The second-order valence-corrected chi connectivity index (χ2v) is 5.26. The van der Waals surface area contributed by atoms with Gasteiger partial charge in [0.05, 0.1) is 0 Å². The van der Waals surface area contributed by atoms with Gasteiger partial charge in [0.1, 0.15) is 20.1 Å². The van der Waals surface area contributed by atoms with E-state index in [1.165, 1.54) is 6.07 Å². The number of aromatic nitrogens is 1. The molecule has 1 aromatic carbocycles. The Morgan fingerprint density at radius 3 is 2.65 bits per heavy atom. The van der Waals surface area contributed by atoms with Crippen LogP contribution in [-0.4, -0.2) is 41.5 Å². The molecule has 116 valence electrons. The van der Waals surface area contributed by atoms with E-state index in [4.69, 9.17) is 24.6 Å². The first-order valence-corrected chi connectivity index (χ1v) is 6.93. The number of aryl methyl sites for hydroxylation is 1. The van der Waals surface area contributed by atoms with Crippen LogP contribution < -0.4 is 10.9 Å². The highest BCUT2D eigenvalue weighted by molar-refractivity contribution is 6.35. The lowest BCUT2D eigenvalue weighted by atomic mass is 9.90. The molecule has 2 rings (SSSR count). The Labute approximate surface area is 138 Å². The molecule has 0 aliphatic rings. The maximum absolute atomic E-state index is 11.8. The number of benzene rings is 1. The maximum atomic E-state index is 11.8. The lowest BCUT2D eigenvalue weighted by Crippen LogP contribution is -2.31. The van der Waals surface area contributed by atoms with Crippen LogP contribution in [0.2, 0.25) is 5.02 Å². The van der Waals surface area contributed by atoms with Gasteiger partial charge in [0.2, 0.25) is 0 Å². The SMILES string of the molecule is [B]c1nc(C(=O)NCC(=O)O)c(O)cc1-c1cc(Cl)ccc1C. The predicted octanol–water partition coefficient (Wildman–Crippen LogP) is 1.02. The number of rotatable bonds is 4. The zero-order chi connectivity index (χ0) is 17.1. The van der Waals surface area contributed by atoms with E-state index in [9.17, 15) is 14.7 Å². The summed E-state index contributed by atoms with van der Waals surface area (Å²) in [5.74, 6) is -2.44. The van der Waals surface area contributed by atoms with E-state index in [-0.39, 0.29) is 11.3 Å². The van der Waals surface area contributed by atoms with Crippen LogP contribution in [0, 0.1) is 6.92 Å². The van der Waals surface area contributed by atoms with Gasteiger partial charge in [0, 0.05) is 5.02 Å². The smallest absolute Gasteiger partial charge is 0.322 e. The number of halogens is 1. The maximum Gasteiger partial charge on any atom is 0.322 e. The van der Waals surface area contributed by atoms with Crippen LogP contribution >= 0.6 is 11.6 Å². The molecule has 0 fully saturated rings. The van der Waals surface area contributed by atoms with Crippen LogP contribution in [0.4, 0.5) is 0 Å². The minimum Gasteiger partial charge on any atom is -0.505 e. The van der Waals surface area contributed by atoms with Crippen LogP contribution in [0.25, 0.3) is 11.1 Å². The van der Waals surface area contributed by atoms with Gasteiger partial charge in [-0.1, -0.05) is 17.7 Å². The number of carboxylic acid groups (broad SMARTS) is 1. The Hall–Kier alpha value is -2.54. The van der Waals surface area contributed by atoms with Crippen molar-refractivity contribution >= 4 is 36.9 Å². The zero-order valence-electron chi connectivity index (χ0n) is 12.1. The van der Waals surface area contributed by atoms with Gasteiger partial charge in [0.15, 0.2) is 5.69 Å². The third-order valence-electron chi connectivity index (χ3n) is 3.14. The first-order valence-electron chi connectivity index (χ1n) is 6.55. The number of carbonyl (C=O) groups is 2. The second-order valence-electron chi connectivity index (χ2n) is 4.82. The van der Waals surface area contributed by atoms with E-state index in [1.807, 2.05) is 6.92 Å². The molecule has 0 unspecified atom stereocenters. The van der Waals surface area contributed by atoms with Gasteiger partial charge in [-0.05, 0) is 47.4 Å². The van der Waals surface area contributed by atoms with E-state index in [1.54, 1.807) is 18.2 Å². The molecule has 23 heavy (non-hydrogen) atoms. The summed E-state index contributed by atoms with van der Waals surface area (Å²) in [7, 11) is 5.87. The van der Waals surface area contributed by atoms with Crippen LogP contribution in [0.5, 0.6) is 5.75 Å². The minimum absolute atomic E-state index is 0.0219. The number of hydrogen-bond donors (Lipinski definition) is 3. The molecular weight excluding hydrogens is 318 g/mol. The van der Waals surface area contributed by atoms with Crippen molar-refractivity contribution in [1.82, 2.24) is 10.3 Å². The third kappa shape index (κ3) is 3.81. The molecule has 0 bridgehead atoms. The van der Waals surface area contributed by atoms with E-state index < -0.39 is 24.2 Å². The Balaban J connectivity index is 2.43. The number of carboxylic acids is 1. The Bertz CT molecular complexity index is 795. The van der Waals surface area contributed by atoms with Crippen molar-refractivity contribution in [2.24, 2.45) is 0 Å². The van der Waals surface area contributed by atoms with E-state index >= 15 is 0 Å². The predicted molar refractivity (Wildman–Crippen MR) is 86.4 cm³/mol. The Morgan fingerprint density at radius 1 is 1.30 bits per heavy atom. The molecule has 2 radical (unpaired) electrons. The summed E-state index contributed by atoms with van der Waals surface area (Å²) in [5, 5.41) is 21.2. The average Bonchev–Trinajstić information content (AvgIpc) is 2.49. The fraction of sp³-hybridized carbons (Fsp3) is 0.133. The molecule has 2 aromatic rings. The molecule has 3 N–H and O–H groups in total. The number of aliphatic carboxylic acids is 1. The average molecular weight is 331 g/mol. The number of aromatic hydroxyl groups is 1. The number of nitrogens with one attached hydrogen (secondary N) is 1. The molecule has 0 aliphatic carbocycles. The highest BCUT2D eigenvalue weighted by Gasteiger charge is 2.17. The molecule has 0 aliphatic heterocycles. The lowest BCUT2D eigenvalue weighted by molar-refractivity contribution is -0.135. The zero-order valence-corrected chi connectivity index (χ0v) is 12.9. The fourth-order valence-electron chi connectivity index (χ4n) is 2.02. The summed E-state index contributed by atoms with van der Waals surface area (Å²) in [6.45, 7) is 1.25. The molecule has 1 amide bonds. The number of carbonyl (C=O) groups excluding carboxylic acids is 1. The number of amides is 1. The molecule has 1 heterocycles. The van der Waals surface area contributed by atoms with Crippen molar-refractivity contribution < 1.29 is 19.8 Å². The monoisotopic (exact) mass is 330 g/mol. The lowest BCUT2D eigenvalue weighted by Gasteiger charge is -2.13. The van der Waals surface area contributed by atoms with Gasteiger partial charge < -0.3 is 15.5 Å². The first-order chi connectivity index (χ1) is 10.8. The molecule has 0 saturated carbocycles.